The molecule has 0 heterocycles. The average Bonchev–Trinajstić information content (AvgIpc) is 2.41. The first-order valence-electron chi connectivity index (χ1n) is 6.10. The van der Waals surface area contributed by atoms with Crippen molar-refractivity contribution in [3.8, 4) is 0 Å². The molecule has 0 saturated heterocycles. The number of anilines is 2. The van der Waals surface area contributed by atoms with E-state index in [0.29, 0.717) is 16.4 Å². The van der Waals surface area contributed by atoms with Crippen LogP contribution in [0, 0.1) is 6.92 Å². The van der Waals surface area contributed by atoms with Gasteiger partial charge in [0.05, 0.1) is 11.3 Å². The van der Waals surface area contributed by atoms with Gasteiger partial charge in [-0.3, -0.25) is 4.79 Å². The largest absolute Gasteiger partial charge is 0.366 e. The van der Waals surface area contributed by atoms with Gasteiger partial charge in [-0.1, -0.05) is 29.8 Å². The number of benzene rings is 2. The molecule has 0 aliphatic heterocycles. The van der Waals surface area contributed by atoms with Gasteiger partial charge in [-0.15, -0.1) is 0 Å². The number of amides is 1. The van der Waals surface area contributed by atoms with Crippen LogP contribution in [0.15, 0.2) is 48.5 Å². The van der Waals surface area contributed by atoms with Crippen molar-refractivity contribution in [1.82, 2.24) is 0 Å². The van der Waals surface area contributed by atoms with Crippen molar-refractivity contribution in [2.45, 2.75) is 6.92 Å². The van der Waals surface area contributed by atoms with Crippen LogP contribution in [0.25, 0.3) is 0 Å². The molecule has 2 rings (SSSR count). The van der Waals surface area contributed by atoms with Crippen LogP contribution in [0.5, 0.6) is 0 Å². The summed E-state index contributed by atoms with van der Waals surface area (Å²) < 4.78 is 0. The molecule has 2 aromatic rings. The third kappa shape index (κ3) is 3.55. The molecule has 2 aromatic carbocycles. The van der Waals surface area contributed by atoms with Gasteiger partial charge >= 0.3 is 0 Å². The van der Waals surface area contributed by atoms with E-state index in [1.54, 1.807) is 18.2 Å². The summed E-state index contributed by atoms with van der Waals surface area (Å²) in [7, 11) is 0. The quantitative estimate of drug-likeness (QED) is 0.759. The van der Waals surface area contributed by atoms with Gasteiger partial charge < -0.3 is 16.4 Å². The van der Waals surface area contributed by atoms with Gasteiger partial charge in [0.25, 0.3) is 5.91 Å². The van der Waals surface area contributed by atoms with Gasteiger partial charge in [-0.25, -0.2) is 0 Å². The number of carbonyl (C=O) groups excluding carboxylic acids is 1. The van der Waals surface area contributed by atoms with Crippen molar-refractivity contribution >= 4 is 34.6 Å². The summed E-state index contributed by atoms with van der Waals surface area (Å²) in [6.07, 6.45) is 0. The number of carbonyl (C=O) groups is 1. The lowest BCUT2D eigenvalue weighted by Gasteiger charge is -2.12. The highest BCUT2D eigenvalue weighted by molar-refractivity contribution is 7.80. The van der Waals surface area contributed by atoms with E-state index in [4.69, 9.17) is 18.0 Å². The molecule has 0 unspecified atom stereocenters. The molecule has 0 spiro atoms. The van der Waals surface area contributed by atoms with Crippen molar-refractivity contribution in [1.29, 1.82) is 0 Å². The monoisotopic (exact) mass is 285 g/mol. The molecular formula is C15H15N3OS. The molecule has 0 saturated carbocycles. The molecule has 4 N–H and O–H groups in total. The normalized spacial score (nSPS) is 9.85. The molecule has 102 valence electrons. The highest BCUT2D eigenvalue weighted by Gasteiger charge is 2.08. The fourth-order valence-corrected chi connectivity index (χ4v) is 1.96. The molecule has 0 fully saturated rings. The maximum atomic E-state index is 11.3. The lowest BCUT2D eigenvalue weighted by atomic mass is 10.1. The number of primary amides is 1. The molecule has 0 aromatic heterocycles. The van der Waals surface area contributed by atoms with E-state index in [2.05, 4.69) is 10.6 Å². The molecule has 0 aliphatic rings. The highest BCUT2D eigenvalue weighted by Crippen LogP contribution is 2.15. The number of aryl methyl sites for hydroxylation is 1. The fraction of sp³-hybridized carbons (Fsp3) is 0.0667. The lowest BCUT2D eigenvalue weighted by molar-refractivity contribution is 0.100. The smallest absolute Gasteiger partial charge is 0.250 e. The number of nitrogens with one attached hydrogen (secondary N) is 2. The number of rotatable bonds is 3. The minimum atomic E-state index is -0.494. The molecule has 20 heavy (non-hydrogen) atoms. The van der Waals surface area contributed by atoms with Crippen LogP contribution >= 0.6 is 12.2 Å². The Labute approximate surface area is 123 Å². The SMILES string of the molecule is Cc1ccc(NC(=S)Nc2ccccc2C(N)=O)cc1. The van der Waals surface area contributed by atoms with Crippen molar-refractivity contribution in [2.24, 2.45) is 5.73 Å². The summed E-state index contributed by atoms with van der Waals surface area (Å²) in [5, 5.41) is 6.43. The van der Waals surface area contributed by atoms with Gasteiger partial charge in [0.1, 0.15) is 0 Å². The predicted octanol–water partition coefficient (Wildman–Crippen LogP) is 2.90. The lowest BCUT2D eigenvalue weighted by Crippen LogP contribution is -2.22. The number of thiocarbonyl (C=S) groups is 1. The van der Waals surface area contributed by atoms with Gasteiger partial charge in [0, 0.05) is 5.69 Å². The minimum Gasteiger partial charge on any atom is -0.366 e. The zero-order valence-electron chi connectivity index (χ0n) is 11.0. The van der Waals surface area contributed by atoms with Crippen LogP contribution < -0.4 is 16.4 Å². The van der Waals surface area contributed by atoms with Crippen molar-refractivity contribution < 1.29 is 4.79 Å². The first-order chi connectivity index (χ1) is 9.56. The standard InChI is InChI=1S/C15H15N3OS/c1-10-6-8-11(9-7-10)17-15(20)18-13-5-3-2-4-12(13)14(16)19/h2-9H,1H3,(H2,16,19)(H2,17,18,20). The van der Waals surface area contributed by atoms with Gasteiger partial charge in [-0.2, -0.15) is 0 Å². The Bertz CT molecular complexity index is 638. The summed E-state index contributed by atoms with van der Waals surface area (Å²) in [4.78, 5) is 11.3. The van der Waals surface area contributed by atoms with E-state index in [-0.39, 0.29) is 0 Å². The Morgan fingerprint density at radius 1 is 1.05 bits per heavy atom. The third-order valence-electron chi connectivity index (χ3n) is 2.75. The molecule has 0 atom stereocenters. The highest BCUT2D eigenvalue weighted by atomic mass is 32.1. The third-order valence-corrected chi connectivity index (χ3v) is 2.95. The molecule has 0 bridgehead atoms. The van der Waals surface area contributed by atoms with E-state index in [1.807, 2.05) is 37.3 Å². The predicted molar refractivity (Wildman–Crippen MR) is 86.0 cm³/mol. The Balaban J connectivity index is 2.08. The van der Waals surface area contributed by atoms with Crippen molar-refractivity contribution in [3.63, 3.8) is 0 Å². The fourth-order valence-electron chi connectivity index (χ4n) is 1.73. The second-order valence-corrected chi connectivity index (χ2v) is 4.76. The van der Waals surface area contributed by atoms with E-state index in [9.17, 15) is 4.79 Å². The number of hydrogen-bond donors (Lipinski definition) is 3. The van der Waals surface area contributed by atoms with Crippen LogP contribution in [0.4, 0.5) is 11.4 Å². The van der Waals surface area contributed by atoms with Crippen molar-refractivity contribution in [2.75, 3.05) is 10.6 Å². The van der Waals surface area contributed by atoms with Crippen LogP contribution in [0.1, 0.15) is 15.9 Å². The summed E-state index contributed by atoms with van der Waals surface area (Å²) in [5.41, 5.74) is 8.36. The topological polar surface area (TPSA) is 67.2 Å². The average molecular weight is 285 g/mol. The number of para-hydroxylation sites is 1. The maximum Gasteiger partial charge on any atom is 0.250 e. The first kappa shape index (κ1) is 14.0. The number of nitrogens with two attached hydrogens (primary N) is 1. The molecule has 4 nitrogen and oxygen atoms in total. The zero-order valence-corrected chi connectivity index (χ0v) is 11.8. The Hall–Kier alpha value is -2.40. The minimum absolute atomic E-state index is 0.403. The summed E-state index contributed by atoms with van der Waals surface area (Å²) >= 11 is 5.22. The Morgan fingerprint density at radius 3 is 2.35 bits per heavy atom. The summed E-state index contributed by atoms with van der Waals surface area (Å²) in [6.45, 7) is 2.02. The zero-order chi connectivity index (χ0) is 14.5. The molecule has 0 radical (unpaired) electrons. The van der Waals surface area contributed by atoms with Crippen LogP contribution in [-0.4, -0.2) is 11.0 Å². The Morgan fingerprint density at radius 2 is 1.70 bits per heavy atom. The van der Waals surface area contributed by atoms with E-state index in [0.717, 1.165) is 5.69 Å². The van der Waals surface area contributed by atoms with Gasteiger partial charge in [0.15, 0.2) is 5.11 Å². The molecule has 0 aliphatic carbocycles. The maximum absolute atomic E-state index is 11.3. The second kappa shape index (κ2) is 6.16. The molecule has 5 heteroatoms. The summed E-state index contributed by atoms with van der Waals surface area (Å²) in [5.74, 6) is -0.494. The summed E-state index contributed by atoms with van der Waals surface area (Å²) in [6, 6.07) is 14.8. The molecular weight excluding hydrogens is 270 g/mol. The molecule has 1 amide bonds. The van der Waals surface area contributed by atoms with Crippen LogP contribution in [0.2, 0.25) is 0 Å². The van der Waals surface area contributed by atoms with Crippen LogP contribution in [-0.2, 0) is 0 Å². The first-order valence-corrected chi connectivity index (χ1v) is 6.50. The number of hydrogen-bond acceptors (Lipinski definition) is 2. The second-order valence-electron chi connectivity index (χ2n) is 4.35. The van der Waals surface area contributed by atoms with Gasteiger partial charge in [0.2, 0.25) is 0 Å². The van der Waals surface area contributed by atoms with E-state index in [1.165, 1.54) is 5.56 Å². The Kier molecular flexibility index (Phi) is 4.32. The van der Waals surface area contributed by atoms with Crippen molar-refractivity contribution in [3.05, 3.63) is 59.7 Å². The van der Waals surface area contributed by atoms with Gasteiger partial charge in [-0.05, 0) is 43.4 Å². The van der Waals surface area contributed by atoms with Crippen LogP contribution in [0.3, 0.4) is 0 Å². The van der Waals surface area contributed by atoms with E-state index >= 15 is 0 Å². The van der Waals surface area contributed by atoms with E-state index < -0.39 is 5.91 Å².